The normalized spacial score (nSPS) is 13.2. The Hall–Kier alpha value is -4.21. The van der Waals surface area contributed by atoms with Gasteiger partial charge in [-0.3, -0.25) is 24.1 Å². The van der Waals surface area contributed by atoms with E-state index >= 15 is 0 Å². The number of carbonyl (C=O) groups excluding carboxylic acids is 4. The third-order valence-corrected chi connectivity index (χ3v) is 5.86. The van der Waals surface area contributed by atoms with E-state index in [0.717, 1.165) is 10.3 Å². The summed E-state index contributed by atoms with van der Waals surface area (Å²) in [6.45, 7) is 0.249. The number of alkyl halides is 3. The van der Waals surface area contributed by atoms with Crippen LogP contribution in [0.2, 0.25) is 0 Å². The van der Waals surface area contributed by atoms with Gasteiger partial charge in [-0.05, 0) is 48.6 Å². The zero-order valence-corrected chi connectivity index (χ0v) is 19.2. The average molecular weight is 497 g/mol. The highest BCUT2D eigenvalue weighted by Crippen LogP contribution is 2.30. The fraction of sp³-hybridized carbons (Fsp3) is 0.231. The monoisotopic (exact) mass is 497 g/mol. The van der Waals surface area contributed by atoms with Crippen molar-refractivity contribution in [3.05, 3.63) is 76.9 Å². The van der Waals surface area contributed by atoms with Crippen LogP contribution in [-0.2, 0) is 4.79 Å². The number of rotatable bonds is 7. The van der Waals surface area contributed by atoms with Crippen molar-refractivity contribution >= 4 is 40.1 Å². The van der Waals surface area contributed by atoms with Crippen LogP contribution < -0.4 is 10.6 Å². The minimum Gasteiger partial charge on any atom is -0.343 e. The lowest BCUT2D eigenvalue weighted by Crippen LogP contribution is -2.41. The lowest BCUT2D eigenvalue weighted by molar-refractivity contribution is -0.123. The molecule has 4 amide bonds. The number of aryl methyl sites for hydroxylation is 1. The van der Waals surface area contributed by atoms with Crippen LogP contribution in [0.1, 0.15) is 49.5 Å². The Labute approximate surface area is 204 Å². The van der Waals surface area contributed by atoms with Crippen LogP contribution in [0.4, 0.5) is 18.9 Å². The molecule has 4 rings (SSSR count). The van der Waals surface area contributed by atoms with Crippen LogP contribution in [0.5, 0.6) is 0 Å². The van der Waals surface area contributed by atoms with Gasteiger partial charge in [-0.15, -0.1) is 0 Å². The van der Waals surface area contributed by atoms with Gasteiger partial charge in [0.15, 0.2) is 0 Å². The Morgan fingerprint density at radius 2 is 1.58 bits per heavy atom. The first-order valence-corrected chi connectivity index (χ1v) is 11.2. The molecule has 0 bridgehead atoms. The van der Waals surface area contributed by atoms with Gasteiger partial charge < -0.3 is 10.6 Å². The Balaban J connectivity index is 1.37. The number of hydrogen-bond donors (Lipinski definition) is 2. The molecule has 186 valence electrons. The highest BCUT2D eigenvalue weighted by atomic mass is 19.4. The predicted molar refractivity (Wildman–Crippen MR) is 127 cm³/mol. The number of carbonyl (C=O) groups is 4. The van der Waals surface area contributed by atoms with E-state index in [1.165, 1.54) is 18.2 Å². The van der Waals surface area contributed by atoms with Crippen molar-refractivity contribution < 1.29 is 32.3 Å². The second-order valence-corrected chi connectivity index (χ2v) is 8.45. The molecule has 0 atom stereocenters. The third kappa shape index (κ3) is 5.22. The van der Waals surface area contributed by atoms with E-state index in [1.54, 1.807) is 36.5 Å². The second-order valence-electron chi connectivity index (χ2n) is 8.45. The molecule has 2 N–H and O–H groups in total. The Kier molecular flexibility index (Phi) is 6.78. The smallest absolute Gasteiger partial charge is 0.343 e. The van der Waals surface area contributed by atoms with Crippen molar-refractivity contribution in [3.8, 4) is 0 Å². The molecule has 1 aliphatic heterocycles. The topological polar surface area (TPSA) is 95.6 Å². The molecular formula is C26H22F3N3O4. The standard InChI is InChI=1S/C26H22F3N3O4/c1-15-10-11-17(23(34)30-14-26(27,28)29)13-20(15)31-21(33)9-4-12-32-24(35)18-7-2-5-16-6-3-8-19(22(16)18)25(32)36/h2-3,5-8,10-11,13H,4,9,12,14H2,1H3,(H,30,34)(H,31,33). The molecule has 1 heterocycles. The summed E-state index contributed by atoms with van der Waals surface area (Å²) in [6.07, 6.45) is -4.36. The van der Waals surface area contributed by atoms with Crippen molar-refractivity contribution in [2.45, 2.75) is 25.9 Å². The van der Waals surface area contributed by atoms with Crippen LogP contribution in [0.15, 0.2) is 54.6 Å². The number of benzene rings is 3. The zero-order valence-electron chi connectivity index (χ0n) is 19.2. The molecule has 0 aliphatic carbocycles. The Morgan fingerprint density at radius 1 is 0.944 bits per heavy atom. The molecule has 1 aliphatic rings. The predicted octanol–water partition coefficient (Wildman–Crippen LogP) is 4.46. The lowest BCUT2D eigenvalue weighted by atomic mass is 9.94. The molecule has 36 heavy (non-hydrogen) atoms. The maximum Gasteiger partial charge on any atom is 0.405 e. The number of hydrogen-bond acceptors (Lipinski definition) is 4. The maximum atomic E-state index is 12.9. The molecule has 3 aromatic rings. The van der Waals surface area contributed by atoms with Crippen LogP contribution in [0.3, 0.4) is 0 Å². The largest absolute Gasteiger partial charge is 0.405 e. The minimum absolute atomic E-state index is 0.0210. The summed E-state index contributed by atoms with van der Waals surface area (Å²) in [5.74, 6) is -2.18. The first-order chi connectivity index (χ1) is 17.0. The van der Waals surface area contributed by atoms with Gasteiger partial charge in [0.25, 0.3) is 17.7 Å². The van der Waals surface area contributed by atoms with Crippen LogP contribution in [0.25, 0.3) is 10.8 Å². The molecule has 3 aromatic carbocycles. The first kappa shape index (κ1) is 24.9. The zero-order chi connectivity index (χ0) is 26.0. The minimum atomic E-state index is -4.54. The van der Waals surface area contributed by atoms with Gasteiger partial charge in [0.05, 0.1) is 0 Å². The molecule has 0 unspecified atom stereocenters. The van der Waals surface area contributed by atoms with E-state index in [9.17, 15) is 32.3 Å². The number of amides is 4. The summed E-state index contributed by atoms with van der Waals surface area (Å²) < 4.78 is 37.1. The lowest BCUT2D eigenvalue weighted by Gasteiger charge is -2.27. The Morgan fingerprint density at radius 3 is 2.19 bits per heavy atom. The van der Waals surface area contributed by atoms with Gasteiger partial charge in [-0.1, -0.05) is 30.3 Å². The summed E-state index contributed by atoms with van der Waals surface area (Å²) in [6, 6.07) is 14.7. The van der Waals surface area contributed by atoms with Crippen LogP contribution in [-0.4, -0.2) is 47.8 Å². The second kappa shape index (κ2) is 9.80. The molecule has 0 saturated carbocycles. The van der Waals surface area contributed by atoms with Crippen LogP contribution in [0, 0.1) is 6.92 Å². The average Bonchev–Trinajstić information content (AvgIpc) is 2.84. The SMILES string of the molecule is Cc1ccc(C(=O)NCC(F)(F)F)cc1NC(=O)CCCN1C(=O)c2cccc3cccc(c23)C1=O. The van der Waals surface area contributed by atoms with E-state index in [4.69, 9.17) is 0 Å². The fourth-order valence-corrected chi connectivity index (χ4v) is 4.07. The summed E-state index contributed by atoms with van der Waals surface area (Å²) in [4.78, 5) is 51.5. The highest BCUT2D eigenvalue weighted by molar-refractivity contribution is 6.25. The number of halogens is 3. The maximum absolute atomic E-state index is 12.9. The van der Waals surface area contributed by atoms with Crippen molar-refractivity contribution in [2.24, 2.45) is 0 Å². The summed E-state index contributed by atoms with van der Waals surface area (Å²) in [5.41, 5.74) is 1.73. The van der Waals surface area contributed by atoms with Gasteiger partial charge in [-0.2, -0.15) is 13.2 Å². The van der Waals surface area contributed by atoms with Crippen LogP contribution >= 0.6 is 0 Å². The van der Waals surface area contributed by atoms with Crippen molar-refractivity contribution in [1.82, 2.24) is 10.2 Å². The van der Waals surface area contributed by atoms with E-state index in [-0.39, 0.29) is 30.6 Å². The first-order valence-electron chi connectivity index (χ1n) is 11.2. The molecule has 0 fully saturated rings. The number of nitrogens with one attached hydrogen (secondary N) is 2. The molecule has 0 saturated heterocycles. The Bertz CT molecular complexity index is 1330. The van der Waals surface area contributed by atoms with E-state index in [1.807, 2.05) is 12.1 Å². The molecule has 7 nitrogen and oxygen atoms in total. The van der Waals surface area contributed by atoms with E-state index < -0.39 is 36.3 Å². The van der Waals surface area contributed by atoms with E-state index in [0.29, 0.717) is 22.1 Å². The number of anilines is 1. The molecule has 10 heteroatoms. The third-order valence-electron chi connectivity index (χ3n) is 5.86. The molecule has 0 aromatic heterocycles. The fourth-order valence-electron chi connectivity index (χ4n) is 4.07. The van der Waals surface area contributed by atoms with Crippen molar-refractivity contribution in [1.29, 1.82) is 0 Å². The quantitative estimate of drug-likeness (QED) is 0.472. The van der Waals surface area contributed by atoms with Gasteiger partial charge in [0, 0.05) is 40.7 Å². The van der Waals surface area contributed by atoms with Crippen molar-refractivity contribution in [2.75, 3.05) is 18.4 Å². The van der Waals surface area contributed by atoms with Gasteiger partial charge in [-0.25, -0.2) is 0 Å². The van der Waals surface area contributed by atoms with Gasteiger partial charge in [0.2, 0.25) is 5.91 Å². The van der Waals surface area contributed by atoms with E-state index in [2.05, 4.69) is 5.32 Å². The summed E-state index contributed by atoms with van der Waals surface area (Å²) in [5, 5.41) is 5.85. The molecular weight excluding hydrogens is 475 g/mol. The highest BCUT2D eigenvalue weighted by Gasteiger charge is 2.32. The molecule has 0 radical (unpaired) electrons. The van der Waals surface area contributed by atoms with Crippen molar-refractivity contribution in [3.63, 3.8) is 0 Å². The van der Waals surface area contributed by atoms with Gasteiger partial charge in [0.1, 0.15) is 6.54 Å². The van der Waals surface area contributed by atoms with Gasteiger partial charge >= 0.3 is 6.18 Å². The number of imide groups is 1. The number of nitrogens with zero attached hydrogens (tertiary/aromatic N) is 1. The summed E-state index contributed by atoms with van der Waals surface area (Å²) in [7, 11) is 0. The summed E-state index contributed by atoms with van der Waals surface area (Å²) >= 11 is 0. The molecule has 0 spiro atoms.